The van der Waals surface area contributed by atoms with Crippen LogP contribution in [0.25, 0.3) is 112 Å². The van der Waals surface area contributed by atoms with E-state index in [2.05, 4.69) is 175 Å². The summed E-state index contributed by atoms with van der Waals surface area (Å²) >= 11 is 62.4. The zero-order valence-electron chi connectivity index (χ0n) is 74.7. The molecule has 4 atom stereocenters. The summed E-state index contributed by atoms with van der Waals surface area (Å²) in [6.07, 6.45) is 25.2. The summed E-state index contributed by atoms with van der Waals surface area (Å²) in [5, 5.41) is 41.8. The third-order valence-corrected chi connectivity index (χ3v) is 34.1. The Morgan fingerprint density at radius 2 is 0.565 bits per heavy atom. The number of piperidine rings is 5. The SMILES string of the molecule is CC1(C)CCN(c2cnc3c(-c4cccc(Cl)c4Cl)[nH]nc3n2)CC1.CC1[C@]2(C)CN(c3cnc4c(-c5cccc(Cl)c5Cl)[nH]nc4n3)C[C@]12C.CCC1(C)CCN(c2cnc3c(-c4cccc(Cl)c4Cl)[nH]nc3n2)CC1.CCC1(C)CCN(c2cnc3c(-c4cccc(Cl)c4Cl)[nH]nc3n2)CC1.C[C@H]1CCCC12CCN(c1cnc3c(-c4cccc(Cl)c4Cl)[nH]nc3n1)CC2. The average molecular weight is 1960 g/mol. The summed E-state index contributed by atoms with van der Waals surface area (Å²) in [4.78, 5) is 58.3. The van der Waals surface area contributed by atoms with Crippen LogP contribution >= 0.6 is 116 Å². The van der Waals surface area contributed by atoms with Crippen LogP contribution in [0.15, 0.2) is 122 Å². The number of halogens is 10. The molecule has 5 N–H and O–H groups in total. The van der Waals surface area contributed by atoms with Gasteiger partial charge in [-0.25, -0.2) is 49.8 Å². The van der Waals surface area contributed by atoms with Crippen LogP contribution in [0.4, 0.5) is 29.1 Å². The van der Waals surface area contributed by atoms with Gasteiger partial charge in [-0.2, -0.15) is 25.5 Å². The lowest BCUT2D eigenvalue weighted by atomic mass is 9.71. The summed E-state index contributed by atoms with van der Waals surface area (Å²) in [7, 11) is 0. The molecular formula is C96H103Cl10N25. The first-order valence-electron chi connectivity index (χ1n) is 44.9. The van der Waals surface area contributed by atoms with Crippen LogP contribution in [0, 0.1) is 44.3 Å². The van der Waals surface area contributed by atoms with Gasteiger partial charge in [0.05, 0.1) is 110 Å². The molecule has 0 amide bonds. The number of anilines is 5. The van der Waals surface area contributed by atoms with Crippen LogP contribution in [0.2, 0.25) is 50.2 Å². The maximum atomic E-state index is 6.37. The van der Waals surface area contributed by atoms with E-state index in [1.54, 1.807) is 30.3 Å². The molecule has 15 aromatic rings. The van der Waals surface area contributed by atoms with Crippen molar-refractivity contribution < 1.29 is 0 Å². The van der Waals surface area contributed by atoms with Gasteiger partial charge in [-0.05, 0) is 132 Å². The highest BCUT2D eigenvalue weighted by Crippen LogP contribution is 2.72. The Labute approximate surface area is 810 Å². The van der Waals surface area contributed by atoms with Gasteiger partial charge >= 0.3 is 0 Å². The predicted octanol–water partition coefficient (Wildman–Crippen LogP) is 26.2. The van der Waals surface area contributed by atoms with E-state index in [9.17, 15) is 0 Å². The van der Waals surface area contributed by atoms with E-state index in [4.69, 9.17) is 136 Å². The molecule has 131 heavy (non-hydrogen) atoms. The van der Waals surface area contributed by atoms with Crippen molar-refractivity contribution in [2.24, 2.45) is 44.3 Å². The summed E-state index contributed by atoms with van der Waals surface area (Å²) in [5.41, 5.74) is 16.7. The lowest BCUT2D eigenvalue weighted by Gasteiger charge is -2.42. The molecule has 5 aromatic carbocycles. The van der Waals surface area contributed by atoms with Crippen LogP contribution in [-0.4, -0.2) is 166 Å². The number of nitrogens with zero attached hydrogens (tertiary/aromatic N) is 20. The number of aromatic amines is 5. The second-order valence-corrected chi connectivity index (χ2v) is 41.9. The van der Waals surface area contributed by atoms with E-state index < -0.39 is 0 Å². The van der Waals surface area contributed by atoms with E-state index in [-0.39, 0.29) is 0 Å². The number of aromatic nitrogens is 20. The second kappa shape index (κ2) is 37.2. The first kappa shape index (κ1) is 92.2. The van der Waals surface area contributed by atoms with E-state index in [0.29, 0.717) is 139 Å². The van der Waals surface area contributed by atoms with Crippen molar-refractivity contribution in [3.05, 3.63) is 172 Å². The molecule has 7 aliphatic rings. The molecular weight excluding hydrogens is 1860 g/mol. The fourth-order valence-corrected chi connectivity index (χ4v) is 21.8. The Morgan fingerprint density at radius 1 is 0.321 bits per heavy atom. The molecule has 0 bridgehead atoms. The van der Waals surface area contributed by atoms with Gasteiger partial charge < -0.3 is 24.5 Å². The molecule has 682 valence electrons. The third-order valence-electron chi connectivity index (χ3n) is 30.0. The zero-order chi connectivity index (χ0) is 91.8. The number of fused-ring (bicyclic) bond motifs is 6. The van der Waals surface area contributed by atoms with Crippen molar-refractivity contribution >= 4 is 201 Å². The average Bonchev–Trinajstić information content (AvgIpc) is 1.50. The summed E-state index contributed by atoms with van der Waals surface area (Å²) < 4.78 is 0. The van der Waals surface area contributed by atoms with Gasteiger partial charge in [0.1, 0.15) is 56.7 Å². The molecule has 1 unspecified atom stereocenters. The van der Waals surface area contributed by atoms with Crippen LogP contribution < -0.4 is 24.5 Å². The van der Waals surface area contributed by atoms with E-state index in [1.807, 2.05) is 91.6 Å². The minimum Gasteiger partial charge on any atom is -0.355 e. The maximum Gasteiger partial charge on any atom is 0.202 e. The van der Waals surface area contributed by atoms with Gasteiger partial charge in [-0.1, -0.05) is 272 Å². The molecule has 1 spiro atoms. The molecule has 35 heteroatoms. The standard InChI is InChI=1S/C21H23Cl2N5.C19H19Cl2N5.2C19H21Cl2N5.C18H19Cl2N5/c1-13-4-3-7-21(13)8-10-28(11-9-21)16-12-24-19-18(26-27-20(19)25-16)14-5-2-6-15(22)17(14)23;1-10-18(2)8-26(9-19(10,18)3)13-7-22-16-15(24-25-17(16)23-13)11-5-4-6-12(20)14(11)21;2*1-3-19(2)7-9-26(10-8-19)14-11-22-17-16(24-25-18(17)23-14)12-5-4-6-13(20)15(12)21;1-18(2)6-8-25(9-7-18)13-10-21-16-15(23-24-17(16)22-13)11-4-3-5-12(19)14(11)20/h2,5-6,12-13H,3-4,7-11H2,1H3,(H,25,26,27);4-7,10H,8-9H2,1-3H3,(H,23,24,25);2*4-6,11H,3,7-10H2,1-2H3,(H,23,24,25);3-5,10H,6-9H2,1-2H3,(H,22,23,24)/t13-;10?,18-,19+;;;/m0..../s1. The number of hydrogen-bond donors (Lipinski definition) is 5. The molecule has 5 saturated heterocycles. The molecule has 22 rings (SSSR count). The summed E-state index contributed by atoms with van der Waals surface area (Å²) in [5.74, 6) is 6.03. The van der Waals surface area contributed by atoms with Gasteiger partial charge in [0.15, 0.2) is 0 Å². The Balaban J connectivity index is 0.000000110. The van der Waals surface area contributed by atoms with Crippen LogP contribution in [0.5, 0.6) is 0 Å². The third kappa shape index (κ3) is 18.1. The van der Waals surface area contributed by atoms with Crippen LogP contribution in [0.1, 0.15) is 153 Å². The summed E-state index contributed by atoms with van der Waals surface area (Å²) in [6, 6.07) is 27.6. The van der Waals surface area contributed by atoms with E-state index >= 15 is 0 Å². The Kier molecular flexibility index (Phi) is 26.2. The van der Waals surface area contributed by atoms with Crippen molar-refractivity contribution in [2.75, 3.05) is 89.9 Å². The summed E-state index contributed by atoms with van der Waals surface area (Å²) in [6.45, 7) is 33.5. The van der Waals surface area contributed by atoms with Crippen molar-refractivity contribution in [1.29, 1.82) is 0 Å². The fourth-order valence-electron chi connectivity index (χ4n) is 19.8. The van der Waals surface area contributed by atoms with E-state index in [1.165, 1.54) is 70.6 Å². The van der Waals surface area contributed by atoms with Crippen LogP contribution in [-0.2, 0) is 0 Å². The largest absolute Gasteiger partial charge is 0.355 e. The molecule has 10 aromatic heterocycles. The minimum atomic E-state index is 0.370. The molecule has 25 nitrogen and oxygen atoms in total. The molecule has 5 aliphatic heterocycles. The minimum absolute atomic E-state index is 0.370. The van der Waals surface area contributed by atoms with Crippen molar-refractivity contribution in [3.8, 4) is 56.3 Å². The predicted molar refractivity (Wildman–Crippen MR) is 535 cm³/mol. The number of hydrogen-bond acceptors (Lipinski definition) is 20. The van der Waals surface area contributed by atoms with Crippen molar-refractivity contribution in [3.63, 3.8) is 0 Å². The van der Waals surface area contributed by atoms with Crippen LogP contribution in [0.3, 0.4) is 0 Å². The molecule has 15 heterocycles. The van der Waals surface area contributed by atoms with Crippen molar-refractivity contribution in [1.82, 2.24) is 101 Å². The van der Waals surface area contributed by atoms with E-state index in [0.717, 1.165) is 176 Å². The quantitative estimate of drug-likeness (QED) is 0.0759. The normalized spacial score (nSPS) is 20.6. The monoisotopic (exact) mass is 1960 g/mol. The zero-order valence-corrected chi connectivity index (χ0v) is 82.2. The molecule has 7 fully saturated rings. The number of nitrogens with one attached hydrogen (secondary N) is 5. The number of benzene rings is 5. The lowest BCUT2D eigenvalue weighted by molar-refractivity contribution is 0.161. The molecule has 0 radical (unpaired) electrons. The van der Waals surface area contributed by atoms with Gasteiger partial charge in [0, 0.05) is 93.3 Å². The highest BCUT2D eigenvalue weighted by Gasteiger charge is 2.72. The molecule has 2 aliphatic carbocycles. The first-order chi connectivity index (χ1) is 62.9. The van der Waals surface area contributed by atoms with Gasteiger partial charge in [-0.3, -0.25) is 25.5 Å². The van der Waals surface area contributed by atoms with Gasteiger partial charge in [0.2, 0.25) is 28.2 Å². The second-order valence-electron chi connectivity index (χ2n) is 38.0. The highest BCUT2D eigenvalue weighted by atomic mass is 35.5. The number of H-pyrrole nitrogens is 5. The Morgan fingerprint density at radius 3 is 0.809 bits per heavy atom. The first-order valence-corrected chi connectivity index (χ1v) is 48.7. The number of rotatable bonds is 12. The highest BCUT2D eigenvalue weighted by molar-refractivity contribution is 6.46. The Bertz CT molecular complexity index is 6560. The maximum absolute atomic E-state index is 6.37. The topological polar surface area (TPSA) is 288 Å². The van der Waals surface area contributed by atoms with Gasteiger partial charge in [0.25, 0.3) is 0 Å². The van der Waals surface area contributed by atoms with Crippen molar-refractivity contribution in [2.45, 2.75) is 153 Å². The molecule has 2 saturated carbocycles. The Hall–Kier alpha value is -9.25. The van der Waals surface area contributed by atoms with Gasteiger partial charge in [-0.15, -0.1) is 0 Å². The lowest BCUT2D eigenvalue weighted by Crippen LogP contribution is -2.41. The fraction of sp³-hybridized carbons (Fsp3) is 0.427. The smallest absolute Gasteiger partial charge is 0.202 e.